The second-order valence-electron chi connectivity index (χ2n) is 3.12. The molecule has 58 valence electrons. The maximum Gasteiger partial charge on any atom is 0.237 e. The SMILES string of the molecule is CC1CC(N)C(=O)NC1C. The predicted molar refractivity (Wildman–Crippen MR) is 39.4 cm³/mol. The Labute approximate surface area is 61.0 Å². The monoisotopic (exact) mass is 142 g/mol. The molecule has 3 heteroatoms. The molecule has 1 saturated heterocycles. The first-order valence-corrected chi connectivity index (χ1v) is 3.67. The summed E-state index contributed by atoms with van der Waals surface area (Å²) in [6.45, 7) is 4.11. The first-order chi connectivity index (χ1) is 4.61. The highest BCUT2D eigenvalue weighted by molar-refractivity contribution is 5.82. The van der Waals surface area contributed by atoms with Crippen molar-refractivity contribution in [2.75, 3.05) is 0 Å². The maximum atomic E-state index is 10.9. The molecule has 10 heavy (non-hydrogen) atoms. The van der Waals surface area contributed by atoms with Gasteiger partial charge in [0.1, 0.15) is 0 Å². The Hall–Kier alpha value is -0.570. The first kappa shape index (κ1) is 7.54. The number of rotatable bonds is 0. The molecule has 1 aliphatic rings. The molecule has 1 heterocycles. The van der Waals surface area contributed by atoms with Crippen LogP contribution >= 0.6 is 0 Å². The number of carbonyl (C=O) groups is 1. The van der Waals surface area contributed by atoms with Gasteiger partial charge in [-0.15, -0.1) is 0 Å². The van der Waals surface area contributed by atoms with Gasteiger partial charge in [0.25, 0.3) is 0 Å². The minimum absolute atomic E-state index is 0.00870. The van der Waals surface area contributed by atoms with Gasteiger partial charge in [0.15, 0.2) is 0 Å². The molecular weight excluding hydrogens is 128 g/mol. The Morgan fingerprint density at radius 2 is 2.20 bits per heavy atom. The third kappa shape index (κ3) is 1.29. The van der Waals surface area contributed by atoms with E-state index in [-0.39, 0.29) is 18.0 Å². The Bertz CT molecular complexity index is 147. The van der Waals surface area contributed by atoms with Gasteiger partial charge in [-0.3, -0.25) is 4.79 Å². The number of nitrogens with one attached hydrogen (secondary N) is 1. The average Bonchev–Trinajstić information content (AvgIpc) is 1.84. The molecule has 1 fully saturated rings. The molecule has 0 aliphatic carbocycles. The molecule has 1 amide bonds. The Balaban J connectivity index is 2.54. The number of carbonyl (C=O) groups excluding carboxylic acids is 1. The molecule has 3 atom stereocenters. The fourth-order valence-electron chi connectivity index (χ4n) is 1.19. The quantitative estimate of drug-likeness (QED) is 0.494. The van der Waals surface area contributed by atoms with Crippen molar-refractivity contribution in [1.82, 2.24) is 5.32 Å². The Kier molecular flexibility index (Phi) is 1.94. The third-order valence-corrected chi connectivity index (χ3v) is 2.19. The second-order valence-corrected chi connectivity index (χ2v) is 3.12. The van der Waals surface area contributed by atoms with Crippen molar-refractivity contribution in [1.29, 1.82) is 0 Å². The van der Waals surface area contributed by atoms with Crippen molar-refractivity contribution in [3.63, 3.8) is 0 Å². The minimum atomic E-state index is -0.286. The summed E-state index contributed by atoms with van der Waals surface area (Å²) in [5.74, 6) is 0.498. The highest BCUT2D eigenvalue weighted by Crippen LogP contribution is 2.14. The molecule has 3 unspecified atom stereocenters. The highest BCUT2D eigenvalue weighted by Gasteiger charge is 2.27. The van der Waals surface area contributed by atoms with E-state index in [4.69, 9.17) is 5.73 Å². The summed E-state index contributed by atoms with van der Waals surface area (Å²) in [4.78, 5) is 10.9. The summed E-state index contributed by atoms with van der Waals surface area (Å²) < 4.78 is 0. The lowest BCUT2D eigenvalue weighted by Crippen LogP contribution is -2.53. The summed E-state index contributed by atoms with van der Waals surface area (Å²) in [6.07, 6.45) is 0.812. The van der Waals surface area contributed by atoms with Gasteiger partial charge in [-0.2, -0.15) is 0 Å². The number of hydrogen-bond donors (Lipinski definition) is 2. The van der Waals surface area contributed by atoms with Crippen LogP contribution < -0.4 is 11.1 Å². The molecule has 1 aliphatic heterocycles. The van der Waals surface area contributed by atoms with Crippen LogP contribution in [0.5, 0.6) is 0 Å². The van der Waals surface area contributed by atoms with Crippen LogP contribution in [0.3, 0.4) is 0 Å². The van der Waals surface area contributed by atoms with Crippen molar-refractivity contribution < 1.29 is 4.79 Å². The van der Waals surface area contributed by atoms with E-state index in [1.165, 1.54) is 0 Å². The van der Waals surface area contributed by atoms with Crippen LogP contribution in [0.15, 0.2) is 0 Å². The molecule has 3 nitrogen and oxygen atoms in total. The zero-order chi connectivity index (χ0) is 7.72. The molecular formula is C7H14N2O. The van der Waals surface area contributed by atoms with Gasteiger partial charge < -0.3 is 11.1 Å². The molecule has 0 bridgehead atoms. The van der Waals surface area contributed by atoms with Gasteiger partial charge in [-0.25, -0.2) is 0 Å². The summed E-state index contributed by atoms with van der Waals surface area (Å²) in [7, 11) is 0. The van der Waals surface area contributed by atoms with Crippen LogP contribution in [-0.2, 0) is 4.79 Å². The number of piperidine rings is 1. The van der Waals surface area contributed by atoms with E-state index in [2.05, 4.69) is 12.2 Å². The van der Waals surface area contributed by atoms with Crippen LogP contribution in [0.2, 0.25) is 0 Å². The highest BCUT2D eigenvalue weighted by atomic mass is 16.2. The average molecular weight is 142 g/mol. The maximum absolute atomic E-state index is 10.9. The van der Waals surface area contributed by atoms with Crippen LogP contribution in [0.4, 0.5) is 0 Å². The van der Waals surface area contributed by atoms with E-state index in [1.54, 1.807) is 0 Å². The smallest absolute Gasteiger partial charge is 0.237 e. The van der Waals surface area contributed by atoms with Crippen LogP contribution in [0.25, 0.3) is 0 Å². The van der Waals surface area contributed by atoms with Crippen molar-refractivity contribution in [3.05, 3.63) is 0 Å². The van der Waals surface area contributed by atoms with Crippen molar-refractivity contribution in [2.45, 2.75) is 32.4 Å². The largest absolute Gasteiger partial charge is 0.352 e. The third-order valence-electron chi connectivity index (χ3n) is 2.19. The van der Waals surface area contributed by atoms with E-state index >= 15 is 0 Å². The Morgan fingerprint density at radius 1 is 1.60 bits per heavy atom. The van der Waals surface area contributed by atoms with Gasteiger partial charge in [-0.05, 0) is 19.3 Å². The zero-order valence-electron chi connectivity index (χ0n) is 6.42. The van der Waals surface area contributed by atoms with Gasteiger partial charge >= 0.3 is 0 Å². The van der Waals surface area contributed by atoms with Crippen LogP contribution in [0.1, 0.15) is 20.3 Å². The summed E-state index contributed by atoms with van der Waals surface area (Å²) >= 11 is 0. The molecule has 3 N–H and O–H groups in total. The second kappa shape index (κ2) is 2.58. The van der Waals surface area contributed by atoms with Crippen molar-refractivity contribution >= 4 is 5.91 Å². The van der Waals surface area contributed by atoms with Crippen molar-refractivity contribution in [2.24, 2.45) is 11.7 Å². The van der Waals surface area contributed by atoms with Crippen LogP contribution in [0, 0.1) is 5.92 Å². The van der Waals surface area contributed by atoms with Gasteiger partial charge in [0.05, 0.1) is 6.04 Å². The molecule has 1 rings (SSSR count). The van der Waals surface area contributed by atoms with Gasteiger partial charge in [0.2, 0.25) is 5.91 Å². The summed E-state index contributed by atoms with van der Waals surface area (Å²) in [5.41, 5.74) is 5.52. The number of nitrogens with two attached hydrogens (primary N) is 1. The minimum Gasteiger partial charge on any atom is -0.352 e. The topological polar surface area (TPSA) is 55.1 Å². The number of hydrogen-bond acceptors (Lipinski definition) is 2. The molecule has 0 aromatic heterocycles. The standard InChI is InChI=1S/C7H14N2O/c1-4-3-6(8)7(10)9-5(4)2/h4-6H,3,8H2,1-2H3,(H,9,10). The van der Waals surface area contributed by atoms with E-state index in [0.29, 0.717) is 5.92 Å². The molecule has 0 radical (unpaired) electrons. The van der Waals surface area contributed by atoms with Crippen LogP contribution in [-0.4, -0.2) is 18.0 Å². The molecule has 0 aromatic carbocycles. The fraction of sp³-hybridized carbons (Fsp3) is 0.857. The van der Waals surface area contributed by atoms with Gasteiger partial charge in [0, 0.05) is 6.04 Å². The lowest BCUT2D eigenvalue weighted by atomic mass is 9.91. The lowest BCUT2D eigenvalue weighted by molar-refractivity contribution is -0.125. The fourth-order valence-corrected chi connectivity index (χ4v) is 1.19. The van der Waals surface area contributed by atoms with Gasteiger partial charge in [-0.1, -0.05) is 6.92 Å². The number of amides is 1. The summed E-state index contributed by atoms with van der Waals surface area (Å²) in [5, 5.41) is 2.81. The molecule has 0 saturated carbocycles. The molecule has 0 aromatic rings. The van der Waals surface area contributed by atoms with E-state index < -0.39 is 0 Å². The van der Waals surface area contributed by atoms with Crippen molar-refractivity contribution in [3.8, 4) is 0 Å². The molecule has 0 spiro atoms. The lowest BCUT2D eigenvalue weighted by Gasteiger charge is -2.30. The van der Waals surface area contributed by atoms with E-state index in [0.717, 1.165) is 6.42 Å². The predicted octanol–water partition coefficient (Wildman–Crippen LogP) is -0.142. The zero-order valence-corrected chi connectivity index (χ0v) is 6.42. The van der Waals surface area contributed by atoms with E-state index in [1.807, 2.05) is 6.92 Å². The Morgan fingerprint density at radius 3 is 2.70 bits per heavy atom. The van der Waals surface area contributed by atoms with E-state index in [9.17, 15) is 4.79 Å². The normalized spacial score (nSPS) is 41.1. The first-order valence-electron chi connectivity index (χ1n) is 3.67. The summed E-state index contributed by atoms with van der Waals surface area (Å²) in [6, 6.07) is -0.00139.